The van der Waals surface area contributed by atoms with Crippen molar-refractivity contribution in [3.63, 3.8) is 0 Å². The zero-order chi connectivity index (χ0) is 12.5. The van der Waals surface area contributed by atoms with Gasteiger partial charge < -0.3 is 4.57 Å². The summed E-state index contributed by atoms with van der Waals surface area (Å²) < 4.78 is 1.80. The lowest BCUT2D eigenvalue weighted by Gasteiger charge is -2.10. The molecule has 0 saturated carbocycles. The Morgan fingerprint density at radius 3 is 2.44 bits per heavy atom. The summed E-state index contributed by atoms with van der Waals surface area (Å²) in [6, 6.07) is 17.4. The van der Waals surface area contributed by atoms with E-state index in [9.17, 15) is 0 Å². The van der Waals surface area contributed by atoms with Crippen LogP contribution in [0.4, 0.5) is 0 Å². The van der Waals surface area contributed by atoms with Crippen LogP contribution in [0.5, 0.6) is 0 Å². The molecule has 0 bridgehead atoms. The third-order valence-corrected chi connectivity index (χ3v) is 3.29. The molecule has 0 unspecified atom stereocenters. The van der Waals surface area contributed by atoms with Crippen molar-refractivity contribution in [1.29, 1.82) is 5.41 Å². The summed E-state index contributed by atoms with van der Waals surface area (Å²) in [5.74, 6) is 0. The monoisotopic (exact) mass is 254 g/mol. The van der Waals surface area contributed by atoms with Crippen molar-refractivity contribution in [2.75, 3.05) is 0 Å². The van der Waals surface area contributed by atoms with Gasteiger partial charge in [-0.05, 0) is 23.6 Å². The summed E-state index contributed by atoms with van der Waals surface area (Å²) in [5.41, 5.74) is 1.27. The molecule has 3 aromatic rings. The molecule has 0 saturated heterocycles. The fraction of sp³-hybridized carbons (Fsp3) is 0. The number of hydrogen-bond acceptors (Lipinski definition) is 1. The topological polar surface area (TPSA) is 28.8 Å². The summed E-state index contributed by atoms with van der Waals surface area (Å²) in [4.78, 5) is 0. The van der Waals surface area contributed by atoms with Crippen LogP contribution >= 0.6 is 11.6 Å². The molecule has 0 amide bonds. The van der Waals surface area contributed by atoms with E-state index in [0.29, 0.717) is 10.5 Å². The van der Waals surface area contributed by atoms with Gasteiger partial charge in [0.1, 0.15) is 5.49 Å². The fourth-order valence-corrected chi connectivity index (χ4v) is 2.29. The van der Waals surface area contributed by atoms with E-state index in [1.807, 2.05) is 60.8 Å². The normalized spacial score (nSPS) is 10.7. The first-order valence-corrected chi connectivity index (χ1v) is 6.05. The molecular weight excluding hydrogens is 244 g/mol. The number of para-hydroxylation sites is 1. The van der Waals surface area contributed by atoms with E-state index < -0.39 is 0 Å². The highest BCUT2D eigenvalue weighted by Crippen LogP contribution is 2.19. The Kier molecular flexibility index (Phi) is 2.65. The van der Waals surface area contributed by atoms with E-state index in [1.54, 1.807) is 4.57 Å². The Bertz CT molecular complexity index is 775. The average molecular weight is 255 g/mol. The third kappa shape index (κ3) is 1.71. The molecule has 0 aliphatic carbocycles. The van der Waals surface area contributed by atoms with Crippen LogP contribution in [0.15, 0.2) is 60.8 Å². The minimum atomic E-state index is 0.446. The number of benzene rings is 2. The van der Waals surface area contributed by atoms with Gasteiger partial charge in [-0.3, -0.25) is 5.41 Å². The molecule has 0 aliphatic heterocycles. The SMILES string of the molecule is N=c1c2ccccc2ccn1-c1ccccc1Cl. The molecule has 1 heterocycles. The number of halogens is 1. The minimum Gasteiger partial charge on any atom is -0.300 e. The number of nitrogens with zero attached hydrogens (tertiary/aromatic N) is 1. The average Bonchev–Trinajstić information content (AvgIpc) is 2.41. The van der Waals surface area contributed by atoms with Gasteiger partial charge >= 0.3 is 0 Å². The van der Waals surface area contributed by atoms with E-state index in [4.69, 9.17) is 17.0 Å². The quantitative estimate of drug-likeness (QED) is 0.685. The first-order valence-electron chi connectivity index (χ1n) is 5.67. The summed E-state index contributed by atoms with van der Waals surface area (Å²) in [6.07, 6.45) is 1.88. The van der Waals surface area contributed by atoms with Gasteiger partial charge in [0.15, 0.2) is 0 Å². The molecule has 0 fully saturated rings. The first-order chi connectivity index (χ1) is 8.77. The first kappa shape index (κ1) is 11.1. The van der Waals surface area contributed by atoms with Gasteiger partial charge in [-0.2, -0.15) is 0 Å². The maximum atomic E-state index is 8.28. The van der Waals surface area contributed by atoms with Crippen LogP contribution in [-0.4, -0.2) is 4.57 Å². The number of aromatic nitrogens is 1. The molecule has 2 aromatic carbocycles. The van der Waals surface area contributed by atoms with Gasteiger partial charge in [0, 0.05) is 11.6 Å². The van der Waals surface area contributed by atoms with Crippen molar-refractivity contribution in [1.82, 2.24) is 4.57 Å². The van der Waals surface area contributed by atoms with Gasteiger partial charge in [0.2, 0.25) is 0 Å². The van der Waals surface area contributed by atoms with Crippen molar-refractivity contribution in [3.05, 3.63) is 71.3 Å². The smallest absolute Gasteiger partial charge is 0.137 e. The minimum absolute atomic E-state index is 0.446. The van der Waals surface area contributed by atoms with E-state index in [1.165, 1.54) is 0 Å². The lowest BCUT2D eigenvalue weighted by Crippen LogP contribution is -2.18. The van der Waals surface area contributed by atoms with Gasteiger partial charge in [-0.1, -0.05) is 48.0 Å². The number of nitrogens with one attached hydrogen (secondary N) is 1. The van der Waals surface area contributed by atoms with Gasteiger partial charge in [0.05, 0.1) is 10.7 Å². The van der Waals surface area contributed by atoms with Crippen LogP contribution in [0.1, 0.15) is 0 Å². The van der Waals surface area contributed by atoms with Crippen LogP contribution in [0.2, 0.25) is 5.02 Å². The van der Waals surface area contributed by atoms with Crippen LogP contribution in [0.3, 0.4) is 0 Å². The molecule has 0 atom stereocenters. The number of pyridine rings is 1. The highest BCUT2D eigenvalue weighted by molar-refractivity contribution is 6.32. The molecule has 3 heteroatoms. The fourth-order valence-electron chi connectivity index (χ4n) is 2.06. The van der Waals surface area contributed by atoms with Gasteiger partial charge in [-0.25, -0.2) is 0 Å². The van der Waals surface area contributed by atoms with Crippen molar-refractivity contribution >= 4 is 22.4 Å². The van der Waals surface area contributed by atoms with Crippen LogP contribution in [0.25, 0.3) is 16.5 Å². The van der Waals surface area contributed by atoms with E-state index in [0.717, 1.165) is 16.5 Å². The molecule has 0 aliphatic rings. The third-order valence-electron chi connectivity index (χ3n) is 2.97. The Balaban J connectivity index is 2.35. The molecule has 0 spiro atoms. The summed E-state index contributed by atoms with van der Waals surface area (Å²) in [7, 11) is 0. The zero-order valence-corrected chi connectivity index (χ0v) is 10.4. The number of fused-ring (bicyclic) bond motifs is 1. The van der Waals surface area contributed by atoms with E-state index in [2.05, 4.69) is 0 Å². The second kappa shape index (κ2) is 4.31. The lowest BCUT2D eigenvalue weighted by molar-refractivity contribution is 0.945. The lowest BCUT2D eigenvalue weighted by atomic mass is 10.1. The standard InChI is InChI=1S/C15H11ClN2/c16-13-7-3-4-8-14(13)18-10-9-11-5-1-2-6-12(11)15(18)17/h1-10,17H. The van der Waals surface area contributed by atoms with Crippen molar-refractivity contribution < 1.29 is 0 Å². The maximum Gasteiger partial charge on any atom is 0.137 e. The van der Waals surface area contributed by atoms with Crippen molar-refractivity contribution in [2.45, 2.75) is 0 Å². The Morgan fingerprint density at radius 1 is 0.889 bits per heavy atom. The molecule has 2 nitrogen and oxygen atoms in total. The molecule has 3 rings (SSSR count). The van der Waals surface area contributed by atoms with E-state index in [-0.39, 0.29) is 0 Å². The van der Waals surface area contributed by atoms with Crippen molar-refractivity contribution in [2.24, 2.45) is 0 Å². The molecule has 88 valence electrons. The number of hydrogen-bond donors (Lipinski definition) is 1. The largest absolute Gasteiger partial charge is 0.300 e. The molecule has 1 N–H and O–H groups in total. The molecular formula is C15H11ClN2. The van der Waals surface area contributed by atoms with Gasteiger partial charge in [0.25, 0.3) is 0 Å². The zero-order valence-electron chi connectivity index (χ0n) is 9.60. The molecule has 0 radical (unpaired) electrons. The summed E-state index contributed by atoms with van der Waals surface area (Å²) in [6.45, 7) is 0. The van der Waals surface area contributed by atoms with Gasteiger partial charge in [-0.15, -0.1) is 0 Å². The number of rotatable bonds is 1. The molecule has 1 aromatic heterocycles. The molecule has 18 heavy (non-hydrogen) atoms. The van der Waals surface area contributed by atoms with E-state index >= 15 is 0 Å². The Labute approximate surface area is 110 Å². The second-order valence-electron chi connectivity index (χ2n) is 4.07. The highest BCUT2D eigenvalue weighted by Gasteiger charge is 2.04. The summed E-state index contributed by atoms with van der Waals surface area (Å²) in [5, 5.41) is 10.9. The Morgan fingerprint density at radius 2 is 1.61 bits per heavy atom. The van der Waals surface area contributed by atoms with Crippen LogP contribution in [-0.2, 0) is 0 Å². The maximum absolute atomic E-state index is 8.28. The van der Waals surface area contributed by atoms with Crippen LogP contribution < -0.4 is 5.49 Å². The highest BCUT2D eigenvalue weighted by atomic mass is 35.5. The predicted molar refractivity (Wildman–Crippen MR) is 74.1 cm³/mol. The van der Waals surface area contributed by atoms with Crippen LogP contribution in [0, 0.1) is 5.41 Å². The Hall–Kier alpha value is -2.06. The summed E-state index contributed by atoms with van der Waals surface area (Å²) >= 11 is 6.18. The van der Waals surface area contributed by atoms with Crippen molar-refractivity contribution in [3.8, 4) is 5.69 Å². The second-order valence-corrected chi connectivity index (χ2v) is 4.48. The predicted octanol–water partition coefficient (Wildman–Crippen LogP) is 3.76.